The van der Waals surface area contributed by atoms with E-state index in [1.807, 2.05) is 4.68 Å². The van der Waals surface area contributed by atoms with Crippen LogP contribution in [0.3, 0.4) is 0 Å². The number of hydrogen-bond acceptors (Lipinski definition) is 4. The van der Waals surface area contributed by atoms with Gasteiger partial charge in [0.05, 0.1) is 6.54 Å². The normalized spacial score (nSPS) is 19.5. The molecule has 0 radical (unpaired) electrons. The van der Waals surface area contributed by atoms with E-state index in [0.717, 1.165) is 32.7 Å². The molecule has 1 unspecified atom stereocenters. The molecule has 6 heteroatoms. The summed E-state index contributed by atoms with van der Waals surface area (Å²) in [7, 11) is 0. The first-order valence-electron chi connectivity index (χ1n) is 6.75. The van der Waals surface area contributed by atoms with Crippen LogP contribution in [0, 0.1) is 0 Å². The number of piperazine rings is 1. The lowest BCUT2D eigenvalue weighted by Gasteiger charge is -2.36. The third-order valence-corrected chi connectivity index (χ3v) is 3.62. The van der Waals surface area contributed by atoms with Gasteiger partial charge in [0.1, 0.15) is 12.7 Å². The van der Waals surface area contributed by atoms with Crippen molar-refractivity contribution in [3.05, 3.63) is 48.5 Å². The Labute approximate surface area is 125 Å². The molecule has 2 heterocycles. The maximum Gasteiger partial charge on any atom is 0.137 e. The molecular formula is C14H20ClN5. The van der Waals surface area contributed by atoms with Crippen molar-refractivity contribution in [3.8, 4) is 0 Å². The minimum Gasteiger partial charge on any atom is -0.314 e. The summed E-state index contributed by atoms with van der Waals surface area (Å²) in [6, 6.07) is 11.2. The molecule has 5 nitrogen and oxygen atoms in total. The molecule has 0 bridgehead atoms. The highest BCUT2D eigenvalue weighted by Crippen LogP contribution is 2.21. The van der Waals surface area contributed by atoms with Crippen LogP contribution in [0.1, 0.15) is 11.6 Å². The molecule has 1 aromatic carbocycles. The van der Waals surface area contributed by atoms with Crippen molar-refractivity contribution >= 4 is 12.4 Å². The van der Waals surface area contributed by atoms with Crippen molar-refractivity contribution in [3.63, 3.8) is 0 Å². The second-order valence-electron chi connectivity index (χ2n) is 4.83. The quantitative estimate of drug-likeness (QED) is 0.924. The van der Waals surface area contributed by atoms with Crippen LogP contribution < -0.4 is 5.32 Å². The topological polar surface area (TPSA) is 46.0 Å². The zero-order valence-electron chi connectivity index (χ0n) is 11.4. The lowest BCUT2D eigenvalue weighted by Crippen LogP contribution is -2.47. The SMILES string of the molecule is Cl.c1ccc(C2CNCCN2CCn2cncn2)cc1. The summed E-state index contributed by atoms with van der Waals surface area (Å²) in [5, 5.41) is 7.64. The van der Waals surface area contributed by atoms with Crippen molar-refractivity contribution in [1.82, 2.24) is 25.0 Å². The number of hydrogen-bond donors (Lipinski definition) is 1. The zero-order valence-corrected chi connectivity index (χ0v) is 12.2. The fourth-order valence-electron chi connectivity index (χ4n) is 2.60. The largest absolute Gasteiger partial charge is 0.314 e. The molecule has 0 aliphatic carbocycles. The summed E-state index contributed by atoms with van der Waals surface area (Å²) in [6.45, 7) is 5.05. The van der Waals surface area contributed by atoms with Crippen molar-refractivity contribution < 1.29 is 0 Å². The second kappa shape index (κ2) is 7.38. The molecule has 1 N–H and O–H groups in total. The van der Waals surface area contributed by atoms with E-state index < -0.39 is 0 Å². The summed E-state index contributed by atoms with van der Waals surface area (Å²) in [5.41, 5.74) is 1.38. The van der Waals surface area contributed by atoms with Gasteiger partial charge < -0.3 is 5.32 Å². The molecule has 1 fully saturated rings. The minimum absolute atomic E-state index is 0. The average Bonchev–Trinajstić information content (AvgIpc) is 3.00. The lowest BCUT2D eigenvalue weighted by molar-refractivity contribution is 0.154. The summed E-state index contributed by atoms with van der Waals surface area (Å²) in [5.74, 6) is 0. The Balaban J connectivity index is 0.00000147. The van der Waals surface area contributed by atoms with Crippen LogP contribution in [0.15, 0.2) is 43.0 Å². The first-order valence-corrected chi connectivity index (χ1v) is 6.75. The number of halogens is 1. The highest BCUT2D eigenvalue weighted by atomic mass is 35.5. The Kier molecular flexibility index (Phi) is 5.52. The fraction of sp³-hybridized carbons (Fsp3) is 0.429. The number of nitrogens with one attached hydrogen (secondary N) is 1. The predicted octanol–water partition coefficient (Wildman–Crippen LogP) is 1.35. The van der Waals surface area contributed by atoms with E-state index in [9.17, 15) is 0 Å². The number of rotatable bonds is 4. The van der Waals surface area contributed by atoms with E-state index in [1.165, 1.54) is 5.56 Å². The Morgan fingerprint density at radius 2 is 2.05 bits per heavy atom. The first kappa shape index (κ1) is 15.0. The molecule has 1 aliphatic heterocycles. The van der Waals surface area contributed by atoms with Crippen molar-refractivity contribution in [2.75, 3.05) is 26.2 Å². The van der Waals surface area contributed by atoms with Gasteiger partial charge >= 0.3 is 0 Å². The van der Waals surface area contributed by atoms with E-state index >= 15 is 0 Å². The van der Waals surface area contributed by atoms with Crippen LogP contribution in [0.4, 0.5) is 0 Å². The highest BCUT2D eigenvalue weighted by Gasteiger charge is 2.23. The first-order chi connectivity index (χ1) is 9.43. The lowest BCUT2D eigenvalue weighted by atomic mass is 10.0. The Hall–Kier alpha value is -1.43. The molecule has 0 saturated carbocycles. The third kappa shape index (κ3) is 3.56. The number of nitrogens with zero attached hydrogens (tertiary/aromatic N) is 4. The van der Waals surface area contributed by atoms with E-state index in [2.05, 4.69) is 50.6 Å². The summed E-state index contributed by atoms with van der Waals surface area (Å²) in [4.78, 5) is 6.51. The fourth-order valence-corrected chi connectivity index (χ4v) is 2.60. The van der Waals surface area contributed by atoms with Crippen LogP contribution in [-0.4, -0.2) is 45.8 Å². The average molecular weight is 294 g/mol. The van der Waals surface area contributed by atoms with Gasteiger partial charge in [-0.2, -0.15) is 5.10 Å². The van der Waals surface area contributed by atoms with Crippen LogP contribution in [-0.2, 0) is 6.54 Å². The van der Waals surface area contributed by atoms with Crippen molar-refractivity contribution in [2.24, 2.45) is 0 Å². The molecule has 1 saturated heterocycles. The number of benzene rings is 1. The second-order valence-corrected chi connectivity index (χ2v) is 4.83. The molecule has 0 amide bonds. The van der Waals surface area contributed by atoms with Gasteiger partial charge in [-0.25, -0.2) is 4.98 Å². The van der Waals surface area contributed by atoms with E-state index in [0.29, 0.717) is 6.04 Å². The van der Waals surface area contributed by atoms with Crippen LogP contribution in [0.2, 0.25) is 0 Å². The molecule has 108 valence electrons. The maximum atomic E-state index is 4.16. The van der Waals surface area contributed by atoms with Gasteiger partial charge in [0.25, 0.3) is 0 Å². The summed E-state index contributed by atoms with van der Waals surface area (Å²) < 4.78 is 1.89. The Morgan fingerprint density at radius 3 is 2.80 bits per heavy atom. The maximum absolute atomic E-state index is 4.16. The van der Waals surface area contributed by atoms with E-state index in [-0.39, 0.29) is 12.4 Å². The van der Waals surface area contributed by atoms with Gasteiger partial charge in [0, 0.05) is 32.2 Å². The smallest absolute Gasteiger partial charge is 0.137 e. The molecule has 3 rings (SSSR count). The van der Waals surface area contributed by atoms with Gasteiger partial charge in [-0.15, -0.1) is 12.4 Å². The molecule has 1 aliphatic rings. The van der Waals surface area contributed by atoms with Crippen molar-refractivity contribution in [1.29, 1.82) is 0 Å². The van der Waals surface area contributed by atoms with Gasteiger partial charge in [0.2, 0.25) is 0 Å². The molecular weight excluding hydrogens is 274 g/mol. The van der Waals surface area contributed by atoms with Crippen LogP contribution in [0.25, 0.3) is 0 Å². The van der Waals surface area contributed by atoms with Gasteiger partial charge in [-0.05, 0) is 5.56 Å². The van der Waals surface area contributed by atoms with Crippen LogP contribution >= 0.6 is 12.4 Å². The van der Waals surface area contributed by atoms with Crippen molar-refractivity contribution in [2.45, 2.75) is 12.6 Å². The molecule has 2 aromatic rings. The molecule has 1 aromatic heterocycles. The Bertz CT molecular complexity index is 488. The van der Waals surface area contributed by atoms with Gasteiger partial charge in [-0.3, -0.25) is 9.58 Å². The molecule has 1 atom stereocenters. The van der Waals surface area contributed by atoms with Gasteiger partial charge in [0.15, 0.2) is 0 Å². The zero-order chi connectivity index (χ0) is 12.9. The Morgan fingerprint density at radius 1 is 1.20 bits per heavy atom. The standard InChI is InChI=1S/C14H19N5.ClH/c1-2-4-13(5-3-1)14-10-15-6-7-18(14)8-9-19-12-16-11-17-19;/h1-5,11-12,14-15H,6-10H2;1H. The third-order valence-electron chi connectivity index (χ3n) is 3.62. The predicted molar refractivity (Wildman–Crippen MR) is 80.9 cm³/mol. The highest BCUT2D eigenvalue weighted by molar-refractivity contribution is 5.85. The van der Waals surface area contributed by atoms with E-state index in [1.54, 1.807) is 12.7 Å². The monoisotopic (exact) mass is 293 g/mol. The molecule has 20 heavy (non-hydrogen) atoms. The minimum atomic E-state index is 0. The van der Waals surface area contributed by atoms with Gasteiger partial charge in [-0.1, -0.05) is 30.3 Å². The summed E-state index contributed by atoms with van der Waals surface area (Å²) >= 11 is 0. The molecule has 0 spiro atoms. The summed E-state index contributed by atoms with van der Waals surface area (Å²) in [6.07, 6.45) is 3.37. The number of aromatic nitrogens is 3. The van der Waals surface area contributed by atoms with E-state index in [4.69, 9.17) is 0 Å². The van der Waals surface area contributed by atoms with Crippen LogP contribution in [0.5, 0.6) is 0 Å².